The number of benzene rings is 1. The second-order valence-corrected chi connectivity index (χ2v) is 5.59. The minimum atomic E-state index is 0.644. The molecule has 1 aliphatic carbocycles. The van der Waals surface area contributed by atoms with Gasteiger partial charge >= 0.3 is 0 Å². The van der Waals surface area contributed by atoms with Gasteiger partial charge in [0.25, 0.3) is 0 Å². The average molecular weight is 262 g/mol. The van der Waals surface area contributed by atoms with Crippen LogP contribution in [0.5, 0.6) is 5.75 Å². The summed E-state index contributed by atoms with van der Waals surface area (Å²) < 4.78 is 5.86. The third kappa shape index (κ3) is 3.71. The maximum Gasteiger partial charge on any atom is 0.122 e. The van der Waals surface area contributed by atoms with Gasteiger partial charge in [0, 0.05) is 12.6 Å². The molecular weight excluding hydrogens is 236 g/mol. The molecule has 0 amide bonds. The highest BCUT2D eigenvalue weighted by atomic mass is 16.5. The lowest BCUT2D eigenvalue weighted by atomic mass is 10.0. The van der Waals surface area contributed by atoms with Gasteiger partial charge in [-0.15, -0.1) is 0 Å². The summed E-state index contributed by atoms with van der Waals surface area (Å²) in [6.07, 6.45) is 3.88. The fraction of sp³-hybridized carbons (Fsp3) is 0.625. The van der Waals surface area contributed by atoms with Gasteiger partial charge in [-0.1, -0.05) is 24.6 Å². The van der Waals surface area contributed by atoms with E-state index in [1.165, 1.54) is 24.8 Å². The Hall–Kier alpha value is -1.06. The minimum Gasteiger partial charge on any atom is -0.492 e. The molecule has 0 heterocycles. The van der Waals surface area contributed by atoms with E-state index in [1.807, 2.05) is 18.2 Å². The van der Waals surface area contributed by atoms with Crippen molar-refractivity contribution < 1.29 is 4.74 Å². The molecule has 0 aliphatic heterocycles. The van der Waals surface area contributed by atoms with Crippen LogP contribution in [0.2, 0.25) is 0 Å². The van der Waals surface area contributed by atoms with E-state index in [2.05, 4.69) is 24.9 Å². The lowest BCUT2D eigenvalue weighted by Gasteiger charge is -2.29. The van der Waals surface area contributed by atoms with Gasteiger partial charge in [-0.25, -0.2) is 0 Å². The molecule has 0 spiro atoms. The summed E-state index contributed by atoms with van der Waals surface area (Å²) in [4.78, 5) is 2.42. The molecule has 0 aromatic heterocycles. The van der Waals surface area contributed by atoms with Gasteiger partial charge in [-0.2, -0.15) is 0 Å². The zero-order valence-electron chi connectivity index (χ0n) is 12.1. The van der Waals surface area contributed by atoms with E-state index in [4.69, 9.17) is 10.5 Å². The molecule has 0 saturated heterocycles. The van der Waals surface area contributed by atoms with Gasteiger partial charge in [0.2, 0.25) is 0 Å². The molecule has 106 valence electrons. The van der Waals surface area contributed by atoms with Crippen molar-refractivity contribution in [3.8, 4) is 5.75 Å². The largest absolute Gasteiger partial charge is 0.492 e. The molecule has 3 nitrogen and oxygen atoms in total. The second kappa shape index (κ2) is 6.92. The van der Waals surface area contributed by atoms with E-state index in [1.54, 1.807) is 0 Å². The van der Waals surface area contributed by atoms with Crippen LogP contribution in [0.4, 0.5) is 0 Å². The number of aryl methyl sites for hydroxylation is 1. The van der Waals surface area contributed by atoms with Crippen molar-refractivity contribution in [2.24, 2.45) is 11.7 Å². The number of hydrogen-bond acceptors (Lipinski definition) is 3. The third-order valence-electron chi connectivity index (χ3n) is 4.28. The van der Waals surface area contributed by atoms with Crippen LogP contribution >= 0.6 is 0 Å². The molecule has 2 unspecified atom stereocenters. The Balaban J connectivity index is 1.78. The van der Waals surface area contributed by atoms with Gasteiger partial charge in [0.15, 0.2) is 0 Å². The molecule has 3 heteroatoms. The van der Waals surface area contributed by atoms with Crippen LogP contribution in [0.15, 0.2) is 24.3 Å². The number of rotatable bonds is 6. The molecule has 2 rings (SSSR count). The summed E-state index contributed by atoms with van der Waals surface area (Å²) in [5.74, 6) is 1.67. The predicted molar refractivity (Wildman–Crippen MR) is 79.5 cm³/mol. The summed E-state index contributed by atoms with van der Waals surface area (Å²) in [6, 6.07) is 8.82. The van der Waals surface area contributed by atoms with Crippen LogP contribution in [0, 0.1) is 12.8 Å². The fourth-order valence-electron chi connectivity index (χ4n) is 3.06. The Bertz CT molecular complexity index is 394. The number of para-hydroxylation sites is 1. The number of likely N-dealkylation sites (N-methyl/N-ethyl adjacent to an activating group) is 1. The van der Waals surface area contributed by atoms with Crippen LogP contribution < -0.4 is 10.5 Å². The maximum atomic E-state index is 5.86. The first-order chi connectivity index (χ1) is 9.22. The van der Waals surface area contributed by atoms with Crippen LogP contribution in [0.25, 0.3) is 0 Å². The fourth-order valence-corrected chi connectivity index (χ4v) is 3.06. The molecule has 1 saturated carbocycles. The first-order valence-corrected chi connectivity index (χ1v) is 7.31. The number of nitrogens with two attached hydrogens (primary N) is 1. The van der Waals surface area contributed by atoms with E-state index < -0.39 is 0 Å². The average Bonchev–Trinajstić information content (AvgIpc) is 2.89. The van der Waals surface area contributed by atoms with Crippen LogP contribution in [-0.4, -0.2) is 37.7 Å². The molecule has 0 bridgehead atoms. The summed E-state index contributed by atoms with van der Waals surface area (Å²) in [6.45, 7) is 4.61. The third-order valence-corrected chi connectivity index (χ3v) is 4.28. The monoisotopic (exact) mass is 262 g/mol. The van der Waals surface area contributed by atoms with E-state index >= 15 is 0 Å². The maximum absolute atomic E-state index is 5.86. The van der Waals surface area contributed by atoms with E-state index in [0.29, 0.717) is 12.0 Å². The van der Waals surface area contributed by atoms with Gasteiger partial charge in [0.1, 0.15) is 12.4 Å². The Morgan fingerprint density at radius 3 is 2.84 bits per heavy atom. The van der Waals surface area contributed by atoms with E-state index in [-0.39, 0.29) is 0 Å². The van der Waals surface area contributed by atoms with E-state index in [0.717, 1.165) is 25.4 Å². The van der Waals surface area contributed by atoms with Gasteiger partial charge in [-0.3, -0.25) is 4.90 Å². The summed E-state index contributed by atoms with van der Waals surface area (Å²) in [7, 11) is 2.19. The highest BCUT2D eigenvalue weighted by molar-refractivity contribution is 5.31. The van der Waals surface area contributed by atoms with Crippen molar-refractivity contribution in [1.82, 2.24) is 4.90 Å². The zero-order valence-corrected chi connectivity index (χ0v) is 12.1. The standard InChI is InChI=1S/C16H26N2O/c1-13-6-3-4-9-16(13)19-11-10-18(2)15-8-5-7-14(15)12-17/h3-4,6,9,14-15H,5,7-8,10-12,17H2,1-2H3. The lowest BCUT2D eigenvalue weighted by molar-refractivity contribution is 0.165. The van der Waals surface area contributed by atoms with Crippen molar-refractivity contribution in [1.29, 1.82) is 0 Å². The topological polar surface area (TPSA) is 38.5 Å². The lowest BCUT2D eigenvalue weighted by Crippen LogP contribution is -2.39. The Kier molecular flexibility index (Phi) is 5.23. The van der Waals surface area contributed by atoms with Crippen molar-refractivity contribution in [3.05, 3.63) is 29.8 Å². The van der Waals surface area contributed by atoms with Gasteiger partial charge in [0.05, 0.1) is 0 Å². The molecular formula is C16H26N2O. The summed E-state index contributed by atoms with van der Waals surface area (Å²) in [5, 5.41) is 0. The molecule has 1 aromatic rings. The molecule has 1 aromatic carbocycles. The molecule has 1 fully saturated rings. The van der Waals surface area contributed by atoms with E-state index in [9.17, 15) is 0 Å². The van der Waals surface area contributed by atoms with Gasteiger partial charge < -0.3 is 10.5 Å². The molecule has 0 radical (unpaired) electrons. The van der Waals surface area contributed by atoms with Crippen LogP contribution in [0.3, 0.4) is 0 Å². The second-order valence-electron chi connectivity index (χ2n) is 5.59. The molecule has 1 aliphatic rings. The van der Waals surface area contributed by atoms with Crippen molar-refractivity contribution in [3.63, 3.8) is 0 Å². The van der Waals surface area contributed by atoms with Crippen LogP contribution in [-0.2, 0) is 0 Å². The minimum absolute atomic E-state index is 0.644. The van der Waals surface area contributed by atoms with Crippen molar-refractivity contribution >= 4 is 0 Å². The molecule has 2 N–H and O–H groups in total. The Morgan fingerprint density at radius 1 is 1.32 bits per heavy atom. The van der Waals surface area contributed by atoms with Crippen molar-refractivity contribution in [2.75, 3.05) is 26.7 Å². The normalized spacial score (nSPS) is 22.9. The smallest absolute Gasteiger partial charge is 0.122 e. The van der Waals surface area contributed by atoms with Gasteiger partial charge in [-0.05, 0) is 50.9 Å². The molecule has 19 heavy (non-hydrogen) atoms. The van der Waals surface area contributed by atoms with Crippen LogP contribution in [0.1, 0.15) is 24.8 Å². The Labute approximate surface area is 116 Å². The highest BCUT2D eigenvalue weighted by Crippen LogP contribution is 2.28. The molecule has 2 atom stereocenters. The number of ether oxygens (including phenoxy) is 1. The quantitative estimate of drug-likeness (QED) is 0.855. The number of hydrogen-bond donors (Lipinski definition) is 1. The highest BCUT2D eigenvalue weighted by Gasteiger charge is 2.28. The summed E-state index contributed by atoms with van der Waals surface area (Å²) in [5.41, 5.74) is 7.04. The number of nitrogens with zero attached hydrogens (tertiary/aromatic N) is 1. The first kappa shape index (κ1) is 14.4. The van der Waals surface area contributed by atoms with Crippen molar-refractivity contribution in [2.45, 2.75) is 32.2 Å². The zero-order chi connectivity index (χ0) is 13.7. The Morgan fingerprint density at radius 2 is 2.11 bits per heavy atom. The first-order valence-electron chi connectivity index (χ1n) is 7.31. The summed E-state index contributed by atoms with van der Waals surface area (Å²) >= 11 is 0. The SMILES string of the molecule is Cc1ccccc1OCCN(C)C1CCCC1CN. The predicted octanol–water partition coefficient (Wildman–Crippen LogP) is 2.43.